The molecule has 0 heterocycles. The quantitative estimate of drug-likeness (QED) is 0.478. The molecule has 0 fully saturated rings. The van der Waals surface area contributed by atoms with Crippen molar-refractivity contribution in [2.75, 3.05) is 59.3 Å². The van der Waals surface area contributed by atoms with Crippen molar-refractivity contribution in [1.29, 1.82) is 0 Å². The molecule has 31 heavy (non-hydrogen) atoms. The third-order valence-corrected chi connectivity index (χ3v) is 5.54. The van der Waals surface area contributed by atoms with Gasteiger partial charge in [-0.2, -0.15) is 0 Å². The summed E-state index contributed by atoms with van der Waals surface area (Å²) in [4.78, 5) is 4.13. The zero-order valence-electron chi connectivity index (χ0n) is 19.5. The highest BCUT2D eigenvalue weighted by atomic mass is 16.5. The average molecular weight is 421 g/mol. The van der Waals surface area contributed by atoms with Gasteiger partial charge in [-0.05, 0) is 18.2 Å². The first kappa shape index (κ1) is 22.3. The number of methoxy groups -OCH3 is 3. The zero-order valence-corrected chi connectivity index (χ0v) is 19.5. The molecule has 3 aromatic carbocycles. The van der Waals surface area contributed by atoms with E-state index >= 15 is 0 Å². The Kier molecular flexibility index (Phi) is 6.95. The summed E-state index contributed by atoms with van der Waals surface area (Å²) in [6.45, 7) is 0. The molecule has 3 aromatic rings. The molecular formula is C26H32N2O3. The smallest absolute Gasteiger partial charge is 0.125 e. The maximum absolute atomic E-state index is 5.85. The molecule has 0 aromatic heterocycles. The van der Waals surface area contributed by atoms with E-state index in [0.29, 0.717) is 0 Å². The van der Waals surface area contributed by atoms with E-state index in [9.17, 15) is 0 Å². The number of nitrogens with zero attached hydrogens (tertiary/aromatic N) is 2. The molecule has 0 saturated heterocycles. The number of hydrogen-bond donors (Lipinski definition) is 0. The Balaban J connectivity index is 2.30. The summed E-state index contributed by atoms with van der Waals surface area (Å²) in [5.41, 5.74) is 5.31. The van der Waals surface area contributed by atoms with Crippen molar-refractivity contribution in [2.24, 2.45) is 0 Å². The Morgan fingerprint density at radius 1 is 0.548 bits per heavy atom. The maximum Gasteiger partial charge on any atom is 0.125 e. The number of benzene rings is 3. The van der Waals surface area contributed by atoms with Gasteiger partial charge in [0.25, 0.3) is 0 Å². The Labute approximate surface area is 185 Å². The van der Waals surface area contributed by atoms with Gasteiger partial charge in [0, 0.05) is 74.3 Å². The van der Waals surface area contributed by atoms with E-state index in [1.165, 1.54) is 0 Å². The summed E-state index contributed by atoms with van der Waals surface area (Å²) >= 11 is 0. The van der Waals surface area contributed by atoms with Gasteiger partial charge in [0.15, 0.2) is 0 Å². The van der Waals surface area contributed by atoms with Crippen molar-refractivity contribution in [3.8, 4) is 17.2 Å². The summed E-state index contributed by atoms with van der Waals surface area (Å²) in [5, 5.41) is 0. The third kappa shape index (κ3) is 4.55. The molecule has 3 rings (SSSR count). The molecule has 0 saturated carbocycles. The highest BCUT2D eigenvalue weighted by molar-refractivity contribution is 5.63. The number of anilines is 2. The van der Waals surface area contributed by atoms with Crippen molar-refractivity contribution in [1.82, 2.24) is 0 Å². The van der Waals surface area contributed by atoms with Gasteiger partial charge in [0.2, 0.25) is 0 Å². The summed E-state index contributed by atoms with van der Waals surface area (Å²) in [5.74, 6) is 2.33. The predicted octanol–water partition coefficient (Wildman–Crippen LogP) is 5.02. The summed E-state index contributed by atoms with van der Waals surface area (Å²) in [6, 6.07) is 20.7. The van der Waals surface area contributed by atoms with Gasteiger partial charge in [0.05, 0.1) is 21.3 Å². The summed E-state index contributed by atoms with van der Waals surface area (Å²) in [6.07, 6.45) is 0. The number of rotatable bonds is 8. The average Bonchev–Trinajstić information content (AvgIpc) is 2.79. The van der Waals surface area contributed by atoms with Gasteiger partial charge in [-0.3, -0.25) is 0 Å². The van der Waals surface area contributed by atoms with Crippen molar-refractivity contribution in [2.45, 2.75) is 5.92 Å². The van der Waals surface area contributed by atoms with Gasteiger partial charge < -0.3 is 24.0 Å². The molecule has 0 aliphatic rings. The third-order valence-electron chi connectivity index (χ3n) is 5.54. The Morgan fingerprint density at radius 2 is 0.968 bits per heavy atom. The second kappa shape index (κ2) is 9.65. The lowest BCUT2D eigenvalue weighted by Crippen LogP contribution is -2.13. The molecule has 0 unspecified atom stereocenters. The fraction of sp³-hybridized carbons (Fsp3) is 0.308. The van der Waals surface area contributed by atoms with Crippen molar-refractivity contribution in [3.63, 3.8) is 0 Å². The molecule has 0 spiro atoms. The largest absolute Gasteiger partial charge is 0.496 e. The summed E-state index contributed by atoms with van der Waals surface area (Å²) < 4.78 is 17.4. The van der Waals surface area contributed by atoms with E-state index in [4.69, 9.17) is 14.2 Å². The molecule has 0 N–H and O–H groups in total. The van der Waals surface area contributed by atoms with E-state index in [2.05, 4.69) is 52.3 Å². The van der Waals surface area contributed by atoms with Gasteiger partial charge in [-0.25, -0.2) is 0 Å². The van der Waals surface area contributed by atoms with Gasteiger partial charge in [-0.1, -0.05) is 30.3 Å². The van der Waals surface area contributed by atoms with Crippen molar-refractivity contribution in [3.05, 3.63) is 77.4 Å². The number of para-hydroxylation sites is 1. The Hall–Kier alpha value is -3.34. The van der Waals surface area contributed by atoms with Gasteiger partial charge in [-0.15, -0.1) is 0 Å². The highest BCUT2D eigenvalue weighted by Crippen LogP contribution is 2.45. The Bertz CT molecular complexity index is 971. The second-order valence-electron chi connectivity index (χ2n) is 7.82. The summed E-state index contributed by atoms with van der Waals surface area (Å²) in [7, 11) is 13.2. The minimum Gasteiger partial charge on any atom is -0.496 e. The van der Waals surface area contributed by atoms with Crippen LogP contribution >= 0.6 is 0 Å². The van der Waals surface area contributed by atoms with E-state index in [1.807, 2.05) is 46.4 Å². The van der Waals surface area contributed by atoms with Gasteiger partial charge >= 0.3 is 0 Å². The van der Waals surface area contributed by atoms with Crippen LogP contribution in [0.15, 0.2) is 60.7 Å². The topological polar surface area (TPSA) is 34.2 Å². The van der Waals surface area contributed by atoms with E-state index in [1.54, 1.807) is 21.3 Å². The fourth-order valence-electron chi connectivity index (χ4n) is 3.84. The lowest BCUT2D eigenvalue weighted by molar-refractivity contribution is 0.396. The lowest BCUT2D eigenvalue weighted by atomic mass is 9.83. The van der Waals surface area contributed by atoms with Crippen LogP contribution < -0.4 is 24.0 Å². The molecule has 5 heteroatoms. The van der Waals surface area contributed by atoms with Crippen LogP contribution in [0.1, 0.15) is 22.6 Å². The zero-order chi connectivity index (χ0) is 22.5. The molecule has 0 bridgehead atoms. The molecule has 0 aliphatic carbocycles. The minimum absolute atomic E-state index is 0.131. The van der Waals surface area contributed by atoms with Crippen LogP contribution in [-0.4, -0.2) is 49.5 Å². The first-order chi connectivity index (χ1) is 14.9. The van der Waals surface area contributed by atoms with Crippen LogP contribution in [0.25, 0.3) is 0 Å². The van der Waals surface area contributed by atoms with Crippen LogP contribution in [0, 0.1) is 0 Å². The molecule has 0 amide bonds. The van der Waals surface area contributed by atoms with Gasteiger partial charge in [0.1, 0.15) is 17.2 Å². The van der Waals surface area contributed by atoms with E-state index < -0.39 is 0 Å². The van der Waals surface area contributed by atoms with Crippen LogP contribution in [0.2, 0.25) is 0 Å². The van der Waals surface area contributed by atoms with Crippen molar-refractivity contribution >= 4 is 11.4 Å². The van der Waals surface area contributed by atoms with E-state index in [0.717, 1.165) is 45.3 Å². The number of ether oxygens (including phenoxy) is 3. The molecule has 164 valence electrons. The monoisotopic (exact) mass is 420 g/mol. The predicted molar refractivity (Wildman–Crippen MR) is 129 cm³/mol. The lowest BCUT2D eigenvalue weighted by Gasteiger charge is -2.26. The standard InChI is InChI=1S/C26H32N2O3/c1-27(2)18-12-14-21(24(16-18)30-6)26(20-10-8-9-11-23(20)29-5)22-15-13-19(28(3)4)17-25(22)31-7/h8-17,26H,1-7H3. The minimum atomic E-state index is -0.131. The van der Waals surface area contributed by atoms with Crippen LogP contribution in [0.4, 0.5) is 11.4 Å². The Morgan fingerprint density at radius 3 is 1.39 bits per heavy atom. The first-order valence-electron chi connectivity index (χ1n) is 10.2. The SMILES string of the molecule is COc1ccccc1C(c1ccc(N(C)C)cc1OC)c1ccc(N(C)C)cc1OC. The van der Waals surface area contributed by atoms with Crippen LogP contribution in [0.3, 0.4) is 0 Å². The molecular weight excluding hydrogens is 388 g/mol. The second-order valence-corrected chi connectivity index (χ2v) is 7.82. The van der Waals surface area contributed by atoms with E-state index in [-0.39, 0.29) is 5.92 Å². The molecule has 0 radical (unpaired) electrons. The van der Waals surface area contributed by atoms with Crippen molar-refractivity contribution < 1.29 is 14.2 Å². The highest BCUT2D eigenvalue weighted by Gasteiger charge is 2.27. The maximum atomic E-state index is 5.85. The number of hydrogen-bond acceptors (Lipinski definition) is 5. The molecule has 0 atom stereocenters. The van der Waals surface area contributed by atoms with Crippen LogP contribution in [0.5, 0.6) is 17.2 Å². The fourth-order valence-corrected chi connectivity index (χ4v) is 3.84. The van der Waals surface area contributed by atoms with Crippen LogP contribution in [-0.2, 0) is 0 Å². The molecule has 0 aliphatic heterocycles. The normalized spacial score (nSPS) is 10.7. The first-order valence-corrected chi connectivity index (χ1v) is 10.2. The molecule has 5 nitrogen and oxygen atoms in total.